The van der Waals surface area contributed by atoms with Crippen molar-refractivity contribution in [3.8, 4) is 0 Å². The van der Waals surface area contributed by atoms with Crippen LogP contribution < -0.4 is 0 Å². The average molecular weight is 398 g/mol. The van der Waals surface area contributed by atoms with Gasteiger partial charge in [-0.3, -0.25) is 4.68 Å². The Morgan fingerprint density at radius 3 is 2.50 bits per heavy atom. The predicted molar refractivity (Wildman–Crippen MR) is 102 cm³/mol. The fourth-order valence-electron chi connectivity index (χ4n) is 4.18. The zero-order chi connectivity index (χ0) is 20.7. The third-order valence-corrected chi connectivity index (χ3v) is 5.68. The minimum atomic E-state index is -2.80. The summed E-state index contributed by atoms with van der Waals surface area (Å²) in [6, 6.07) is 0. The van der Waals surface area contributed by atoms with E-state index in [2.05, 4.69) is 32.8 Å². The molecule has 0 aromatic carbocycles. The molecule has 3 rings (SSSR count). The maximum absolute atomic E-state index is 13.9. The Hall–Kier alpha value is -1.50. The normalized spacial score (nSPS) is 26.9. The first-order valence-corrected chi connectivity index (χ1v) is 10.2. The largest absolute Gasteiger partial charge is 0.461 e. The molecule has 0 saturated heterocycles. The summed E-state index contributed by atoms with van der Waals surface area (Å²) in [5, 5.41) is 4.22. The van der Waals surface area contributed by atoms with E-state index in [-0.39, 0.29) is 35.7 Å². The van der Waals surface area contributed by atoms with Gasteiger partial charge in [-0.05, 0) is 50.9 Å². The van der Waals surface area contributed by atoms with E-state index in [0.717, 1.165) is 25.7 Å². The van der Waals surface area contributed by atoms with E-state index < -0.39 is 18.4 Å². The highest BCUT2D eigenvalue weighted by atomic mass is 19.3. The van der Waals surface area contributed by atoms with Crippen LogP contribution in [-0.2, 0) is 22.4 Å². The Kier molecular flexibility index (Phi) is 5.60. The van der Waals surface area contributed by atoms with Crippen LogP contribution in [0, 0.1) is 5.41 Å². The molecule has 0 N–H and O–H groups in total. The summed E-state index contributed by atoms with van der Waals surface area (Å²) in [6.45, 7) is 10.7. The summed E-state index contributed by atoms with van der Waals surface area (Å²) in [7, 11) is 0. The van der Waals surface area contributed by atoms with E-state index in [1.54, 1.807) is 6.92 Å². The lowest BCUT2D eigenvalue weighted by Gasteiger charge is -2.39. The van der Waals surface area contributed by atoms with Crippen LogP contribution in [0.1, 0.15) is 88.0 Å². The van der Waals surface area contributed by atoms with Crippen LogP contribution in [0.5, 0.6) is 0 Å². The molecule has 1 fully saturated rings. The molecular weight excluding hydrogens is 366 g/mol. The van der Waals surface area contributed by atoms with Gasteiger partial charge >= 0.3 is 5.97 Å². The van der Waals surface area contributed by atoms with Crippen LogP contribution in [0.4, 0.5) is 8.78 Å². The molecule has 2 heterocycles. The Balaban J connectivity index is 1.79. The van der Waals surface area contributed by atoms with E-state index in [1.165, 1.54) is 4.68 Å². The van der Waals surface area contributed by atoms with Crippen molar-refractivity contribution in [2.45, 2.75) is 90.7 Å². The van der Waals surface area contributed by atoms with Gasteiger partial charge < -0.3 is 9.47 Å². The molecule has 1 aliphatic carbocycles. The molecule has 1 aliphatic heterocycles. The molecule has 1 saturated carbocycles. The summed E-state index contributed by atoms with van der Waals surface area (Å²) >= 11 is 0. The van der Waals surface area contributed by atoms with Gasteiger partial charge in [-0.15, -0.1) is 0 Å². The van der Waals surface area contributed by atoms with Crippen molar-refractivity contribution in [2.75, 3.05) is 13.2 Å². The van der Waals surface area contributed by atoms with Crippen molar-refractivity contribution in [3.05, 3.63) is 17.0 Å². The molecule has 0 spiro atoms. The van der Waals surface area contributed by atoms with Gasteiger partial charge in [0.05, 0.1) is 25.2 Å². The van der Waals surface area contributed by atoms with Crippen molar-refractivity contribution < 1.29 is 23.0 Å². The highest BCUT2D eigenvalue weighted by Crippen LogP contribution is 2.45. The molecule has 0 atom stereocenters. The monoisotopic (exact) mass is 398 g/mol. The van der Waals surface area contributed by atoms with Crippen LogP contribution in [0.25, 0.3) is 0 Å². The Morgan fingerprint density at radius 1 is 1.29 bits per heavy atom. The molecule has 0 bridgehead atoms. The second-order valence-electron chi connectivity index (χ2n) is 9.69. The van der Waals surface area contributed by atoms with E-state index in [1.807, 2.05) is 0 Å². The first-order valence-electron chi connectivity index (χ1n) is 10.2. The quantitative estimate of drug-likeness (QED) is 0.673. The van der Waals surface area contributed by atoms with Crippen LogP contribution in [-0.4, -0.2) is 40.5 Å². The maximum Gasteiger partial charge on any atom is 0.359 e. The van der Waals surface area contributed by atoms with Crippen LogP contribution in [0.2, 0.25) is 0 Å². The lowest BCUT2D eigenvalue weighted by Crippen LogP contribution is -2.36. The lowest BCUT2D eigenvalue weighted by molar-refractivity contribution is -0.0849. The maximum atomic E-state index is 13.9. The number of rotatable bonds is 5. The zero-order valence-corrected chi connectivity index (χ0v) is 17.6. The molecular formula is C21H32F2N2O3. The van der Waals surface area contributed by atoms with Gasteiger partial charge in [0.25, 0.3) is 5.92 Å². The van der Waals surface area contributed by atoms with Crippen molar-refractivity contribution >= 4 is 5.97 Å². The third-order valence-electron chi connectivity index (χ3n) is 5.68. The number of aromatic nitrogens is 2. The number of hydrogen-bond donors (Lipinski definition) is 0. The van der Waals surface area contributed by atoms with Crippen molar-refractivity contribution in [2.24, 2.45) is 5.41 Å². The number of alkyl halides is 2. The number of fused-ring (bicyclic) bond motifs is 1. The van der Waals surface area contributed by atoms with E-state index in [0.29, 0.717) is 17.9 Å². The number of esters is 1. The first-order chi connectivity index (χ1) is 12.9. The molecule has 1 aromatic heterocycles. The van der Waals surface area contributed by atoms with Gasteiger partial charge in [-0.1, -0.05) is 20.8 Å². The number of carbonyl (C=O) groups is 1. The molecule has 0 amide bonds. The number of ether oxygens (including phenoxy) is 2. The van der Waals surface area contributed by atoms with E-state index in [4.69, 9.17) is 9.47 Å². The minimum absolute atomic E-state index is 0.0309. The zero-order valence-electron chi connectivity index (χ0n) is 17.6. The topological polar surface area (TPSA) is 53.3 Å². The molecule has 158 valence electrons. The van der Waals surface area contributed by atoms with Crippen LogP contribution in [0.15, 0.2) is 0 Å². The van der Waals surface area contributed by atoms with Gasteiger partial charge in [0.15, 0.2) is 5.69 Å². The van der Waals surface area contributed by atoms with Crippen molar-refractivity contribution in [1.82, 2.24) is 9.78 Å². The number of carbonyl (C=O) groups excluding carboxylic acids is 1. The fraction of sp³-hybridized carbons (Fsp3) is 0.810. The standard InChI is InChI=1S/C21H32F2N2O3/c1-6-27-18(26)17-16(15-11-21(22,23)12-25(15)24-17)14-7-9-20(5,10-8-14)28-13-19(2,3)4/h14H,6-13H2,1-5H3/t14-,20+. The van der Waals surface area contributed by atoms with Crippen LogP contribution in [0.3, 0.4) is 0 Å². The van der Waals surface area contributed by atoms with Crippen molar-refractivity contribution in [3.63, 3.8) is 0 Å². The van der Waals surface area contributed by atoms with Gasteiger partial charge in [0.1, 0.15) is 6.54 Å². The lowest BCUT2D eigenvalue weighted by atomic mass is 9.75. The van der Waals surface area contributed by atoms with Gasteiger partial charge in [-0.2, -0.15) is 5.10 Å². The number of hydrogen-bond acceptors (Lipinski definition) is 4. The average Bonchev–Trinajstić information content (AvgIpc) is 3.05. The van der Waals surface area contributed by atoms with Gasteiger partial charge in [0, 0.05) is 11.3 Å². The van der Waals surface area contributed by atoms with Gasteiger partial charge in [0.2, 0.25) is 0 Å². The summed E-state index contributed by atoms with van der Waals surface area (Å²) in [5.74, 6) is -3.29. The Labute approximate surface area is 165 Å². The smallest absolute Gasteiger partial charge is 0.359 e. The molecule has 28 heavy (non-hydrogen) atoms. The second kappa shape index (κ2) is 7.39. The number of nitrogens with zero attached hydrogens (tertiary/aromatic N) is 2. The number of halogens is 2. The summed E-state index contributed by atoms with van der Waals surface area (Å²) in [5.41, 5.74) is 1.27. The highest BCUT2D eigenvalue weighted by Gasteiger charge is 2.45. The molecule has 0 radical (unpaired) electrons. The molecule has 0 unspecified atom stereocenters. The van der Waals surface area contributed by atoms with E-state index >= 15 is 0 Å². The second-order valence-corrected chi connectivity index (χ2v) is 9.69. The summed E-state index contributed by atoms with van der Waals surface area (Å²) in [4.78, 5) is 12.4. The fourth-order valence-corrected chi connectivity index (χ4v) is 4.18. The van der Waals surface area contributed by atoms with Crippen LogP contribution >= 0.6 is 0 Å². The molecule has 1 aromatic rings. The Morgan fingerprint density at radius 2 is 1.93 bits per heavy atom. The Bertz CT molecular complexity index is 729. The molecule has 5 nitrogen and oxygen atoms in total. The van der Waals surface area contributed by atoms with Crippen molar-refractivity contribution in [1.29, 1.82) is 0 Å². The SMILES string of the molecule is CCOC(=O)c1nn2c(c1[C@H]1CC[C@@](C)(OCC(C)(C)C)CC1)CC(F)(F)C2. The summed E-state index contributed by atoms with van der Waals surface area (Å²) in [6.07, 6.45) is 2.88. The summed E-state index contributed by atoms with van der Waals surface area (Å²) < 4.78 is 40.5. The molecule has 2 aliphatic rings. The van der Waals surface area contributed by atoms with E-state index in [9.17, 15) is 13.6 Å². The highest BCUT2D eigenvalue weighted by molar-refractivity contribution is 5.89. The molecule has 7 heteroatoms. The van der Waals surface area contributed by atoms with Gasteiger partial charge in [-0.25, -0.2) is 13.6 Å². The first kappa shape index (κ1) is 21.2. The predicted octanol–water partition coefficient (Wildman–Crippen LogP) is 4.73. The minimum Gasteiger partial charge on any atom is -0.461 e. The third kappa shape index (κ3) is 4.56.